The standard InChI is InChI=1S/C24H42O/c1-23(2,3)18-11-8-7-9-14-20-16-13-17-21(22(20)25)15-10-12-19-24(4,5)6/h13,16-17,25H,7-12,14-15,18-19H2,1-6H3. The van der Waals surface area contributed by atoms with Crippen molar-refractivity contribution in [2.24, 2.45) is 10.8 Å². The molecule has 1 N–H and O–H groups in total. The number of unbranched alkanes of at least 4 members (excludes halogenated alkanes) is 4. The first-order valence-electron chi connectivity index (χ1n) is 10.4. The van der Waals surface area contributed by atoms with Gasteiger partial charge in [0.1, 0.15) is 5.75 Å². The van der Waals surface area contributed by atoms with Crippen LogP contribution in [-0.4, -0.2) is 5.11 Å². The van der Waals surface area contributed by atoms with Crippen LogP contribution in [0.25, 0.3) is 0 Å². The second-order valence-electron chi connectivity index (χ2n) is 10.2. The molecular weight excluding hydrogens is 304 g/mol. The summed E-state index contributed by atoms with van der Waals surface area (Å²) in [4.78, 5) is 0. The van der Waals surface area contributed by atoms with Gasteiger partial charge in [-0.05, 0) is 60.5 Å². The van der Waals surface area contributed by atoms with Gasteiger partial charge in [0.05, 0.1) is 0 Å². The minimum atomic E-state index is 0.414. The fourth-order valence-electron chi connectivity index (χ4n) is 3.34. The van der Waals surface area contributed by atoms with Gasteiger partial charge in [-0.3, -0.25) is 0 Å². The van der Waals surface area contributed by atoms with Crippen LogP contribution in [0.3, 0.4) is 0 Å². The van der Waals surface area contributed by atoms with E-state index in [-0.39, 0.29) is 0 Å². The second-order valence-corrected chi connectivity index (χ2v) is 10.2. The summed E-state index contributed by atoms with van der Waals surface area (Å²) >= 11 is 0. The Morgan fingerprint density at radius 1 is 0.640 bits per heavy atom. The molecule has 0 saturated heterocycles. The van der Waals surface area contributed by atoms with Crippen molar-refractivity contribution in [3.63, 3.8) is 0 Å². The summed E-state index contributed by atoms with van der Waals surface area (Å²) in [5.74, 6) is 0.563. The normalized spacial score (nSPS) is 12.6. The summed E-state index contributed by atoms with van der Waals surface area (Å²) in [6, 6.07) is 6.32. The fraction of sp³-hybridized carbons (Fsp3) is 0.750. The lowest BCUT2D eigenvalue weighted by atomic mass is 9.89. The van der Waals surface area contributed by atoms with Crippen LogP contribution in [0.1, 0.15) is 104 Å². The molecule has 1 heteroatoms. The number of phenols is 1. The van der Waals surface area contributed by atoms with Gasteiger partial charge in [0.15, 0.2) is 0 Å². The molecule has 0 bridgehead atoms. The van der Waals surface area contributed by atoms with Gasteiger partial charge in [0.25, 0.3) is 0 Å². The highest BCUT2D eigenvalue weighted by atomic mass is 16.3. The van der Waals surface area contributed by atoms with Crippen molar-refractivity contribution >= 4 is 0 Å². The monoisotopic (exact) mass is 346 g/mol. The molecule has 0 atom stereocenters. The van der Waals surface area contributed by atoms with Crippen LogP contribution in [0, 0.1) is 10.8 Å². The Morgan fingerprint density at radius 3 is 1.52 bits per heavy atom. The van der Waals surface area contributed by atoms with E-state index in [4.69, 9.17) is 0 Å². The van der Waals surface area contributed by atoms with Crippen molar-refractivity contribution in [3.8, 4) is 5.75 Å². The molecule has 0 amide bonds. The van der Waals surface area contributed by atoms with Crippen LogP contribution >= 0.6 is 0 Å². The van der Waals surface area contributed by atoms with Gasteiger partial charge in [-0.25, -0.2) is 0 Å². The van der Waals surface area contributed by atoms with Crippen molar-refractivity contribution in [3.05, 3.63) is 29.3 Å². The first kappa shape index (κ1) is 22.1. The van der Waals surface area contributed by atoms with Crippen LogP contribution in [0.5, 0.6) is 5.75 Å². The van der Waals surface area contributed by atoms with Gasteiger partial charge in [0.2, 0.25) is 0 Å². The van der Waals surface area contributed by atoms with E-state index in [0.717, 1.165) is 24.0 Å². The summed E-state index contributed by atoms with van der Waals surface area (Å²) in [5, 5.41) is 10.6. The van der Waals surface area contributed by atoms with Gasteiger partial charge in [-0.2, -0.15) is 0 Å². The Kier molecular flexibility index (Phi) is 9.03. The van der Waals surface area contributed by atoms with Crippen molar-refractivity contribution in [2.75, 3.05) is 0 Å². The number of benzene rings is 1. The molecule has 0 aromatic heterocycles. The highest BCUT2D eigenvalue weighted by Crippen LogP contribution is 2.28. The minimum absolute atomic E-state index is 0.414. The first-order chi connectivity index (χ1) is 11.6. The number of aromatic hydroxyl groups is 1. The Balaban J connectivity index is 2.33. The zero-order valence-electron chi connectivity index (χ0n) is 17.8. The van der Waals surface area contributed by atoms with Crippen LogP contribution in [0.15, 0.2) is 18.2 Å². The van der Waals surface area contributed by atoms with E-state index in [1.165, 1.54) is 51.4 Å². The van der Waals surface area contributed by atoms with Crippen molar-refractivity contribution < 1.29 is 5.11 Å². The molecule has 0 radical (unpaired) electrons. The summed E-state index contributed by atoms with van der Waals surface area (Å²) in [6.07, 6.45) is 12.1. The van der Waals surface area contributed by atoms with E-state index in [0.29, 0.717) is 16.6 Å². The van der Waals surface area contributed by atoms with Gasteiger partial charge in [-0.15, -0.1) is 0 Å². The third-order valence-corrected chi connectivity index (χ3v) is 4.95. The molecule has 1 aromatic carbocycles. The maximum atomic E-state index is 10.6. The number of rotatable bonds is 10. The molecule has 25 heavy (non-hydrogen) atoms. The van der Waals surface area contributed by atoms with Crippen LogP contribution in [-0.2, 0) is 12.8 Å². The third-order valence-electron chi connectivity index (χ3n) is 4.95. The molecule has 0 aliphatic rings. The lowest BCUT2D eigenvalue weighted by Crippen LogP contribution is -2.04. The predicted molar refractivity (Wildman–Crippen MR) is 111 cm³/mol. The van der Waals surface area contributed by atoms with E-state index >= 15 is 0 Å². The van der Waals surface area contributed by atoms with E-state index in [1.54, 1.807) is 0 Å². The predicted octanol–water partition coefficient (Wildman–Crippen LogP) is 7.69. The maximum Gasteiger partial charge on any atom is 0.121 e. The van der Waals surface area contributed by atoms with E-state index in [2.05, 4.69) is 59.7 Å². The molecule has 1 aromatic rings. The summed E-state index contributed by atoms with van der Waals surface area (Å²) in [7, 11) is 0. The van der Waals surface area contributed by atoms with Crippen molar-refractivity contribution in [1.29, 1.82) is 0 Å². The maximum absolute atomic E-state index is 10.6. The number of aryl methyl sites for hydroxylation is 2. The van der Waals surface area contributed by atoms with Crippen LogP contribution in [0.2, 0.25) is 0 Å². The summed E-state index contributed by atoms with van der Waals surface area (Å²) in [5.41, 5.74) is 3.15. The molecule has 0 aliphatic carbocycles. The highest BCUT2D eigenvalue weighted by Gasteiger charge is 2.11. The Bertz CT molecular complexity index is 488. The van der Waals surface area contributed by atoms with Gasteiger partial charge in [0, 0.05) is 0 Å². The molecule has 0 spiro atoms. The molecule has 1 nitrogen and oxygen atoms in total. The SMILES string of the molecule is CC(C)(C)CCCCCCc1cccc(CCCCC(C)(C)C)c1O. The number of para-hydroxylation sites is 1. The molecule has 0 heterocycles. The molecule has 0 saturated carbocycles. The Labute approximate surface area is 157 Å². The molecular formula is C24H42O. The smallest absolute Gasteiger partial charge is 0.121 e. The van der Waals surface area contributed by atoms with Crippen molar-refractivity contribution in [1.82, 2.24) is 0 Å². The molecule has 0 unspecified atom stereocenters. The lowest BCUT2D eigenvalue weighted by molar-refractivity contribution is 0.357. The lowest BCUT2D eigenvalue weighted by Gasteiger charge is -2.18. The quantitative estimate of drug-likeness (QED) is 0.430. The molecule has 144 valence electrons. The fourth-order valence-corrected chi connectivity index (χ4v) is 3.34. The Morgan fingerprint density at radius 2 is 1.04 bits per heavy atom. The number of phenolic OH excluding ortho intramolecular Hbond substituents is 1. The van der Waals surface area contributed by atoms with Gasteiger partial charge < -0.3 is 5.11 Å². The molecule has 0 aliphatic heterocycles. The van der Waals surface area contributed by atoms with Crippen molar-refractivity contribution in [2.45, 2.75) is 106 Å². The minimum Gasteiger partial charge on any atom is -0.507 e. The van der Waals surface area contributed by atoms with E-state index < -0.39 is 0 Å². The highest BCUT2D eigenvalue weighted by molar-refractivity contribution is 5.40. The second kappa shape index (κ2) is 10.2. The topological polar surface area (TPSA) is 20.2 Å². The average molecular weight is 347 g/mol. The third kappa shape index (κ3) is 10.6. The summed E-state index contributed by atoms with van der Waals surface area (Å²) < 4.78 is 0. The van der Waals surface area contributed by atoms with Crippen LogP contribution in [0.4, 0.5) is 0 Å². The Hall–Kier alpha value is -0.980. The average Bonchev–Trinajstić information content (AvgIpc) is 2.48. The van der Waals surface area contributed by atoms with Gasteiger partial charge >= 0.3 is 0 Å². The largest absolute Gasteiger partial charge is 0.507 e. The van der Waals surface area contributed by atoms with E-state index in [1.807, 2.05) is 0 Å². The zero-order valence-corrected chi connectivity index (χ0v) is 17.8. The van der Waals surface area contributed by atoms with Crippen LogP contribution < -0.4 is 0 Å². The number of hydrogen-bond donors (Lipinski definition) is 1. The molecule has 0 fully saturated rings. The van der Waals surface area contributed by atoms with Gasteiger partial charge in [-0.1, -0.05) is 85.4 Å². The first-order valence-corrected chi connectivity index (χ1v) is 10.4. The summed E-state index contributed by atoms with van der Waals surface area (Å²) in [6.45, 7) is 13.8. The number of hydrogen-bond acceptors (Lipinski definition) is 1. The zero-order chi connectivity index (χ0) is 18.9. The van der Waals surface area contributed by atoms with E-state index in [9.17, 15) is 5.11 Å². The molecule has 1 rings (SSSR count).